The van der Waals surface area contributed by atoms with Crippen LogP contribution in [0.5, 0.6) is 5.75 Å². The van der Waals surface area contributed by atoms with E-state index in [-0.39, 0.29) is 30.4 Å². The molecule has 124 valence electrons. The van der Waals surface area contributed by atoms with Gasteiger partial charge in [-0.1, -0.05) is 5.16 Å². The predicted molar refractivity (Wildman–Crippen MR) is 78.4 cm³/mol. The van der Waals surface area contributed by atoms with Crippen LogP contribution in [-0.2, 0) is 17.9 Å². The number of hydrogen-bond acceptors (Lipinski definition) is 6. The molecule has 2 aromatic rings. The number of carbonyl (C=O) groups excluding carboxylic acids is 1. The number of ether oxygens (including phenoxy) is 2. The molecule has 0 aliphatic carbocycles. The van der Waals surface area contributed by atoms with Gasteiger partial charge in [-0.3, -0.25) is 4.79 Å². The van der Waals surface area contributed by atoms with E-state index in [0.717, 1.165) is 0 Å². The third-order valence-corrected chi connectivity index (χ3v) is 3.17. The number of halogens is 1. The molecule has 0 aliphatic heterocycles. The first kappa shape index (κ1) is 16.9. The maximum absolute atomic E-state index is 13.3. The SMILES string of the molecule is CCN(Cc1nc(COC)no1)C(=O)c1ccc(F)cc1OC. The summed E-state index contributed by atoms with van der Waals surface area (Å²) in [5.74, 6) is 0.108. The second-order valence-electron chi connectivity index (χ2n) is 4.70. The van der Waals surface area contributed by atoms with E-state index >= 15 is 0 Å². The van der Waals surface area contributed by atoms with E-state index < -0.39 is 5.82 Å². The number of methoxy groups -OCH3 is 2. The number of carbonyl (C=O) groups is 1. The molecule has 0 fully saturated rings. The quantitative estimate of drug-likeness (QED) is 0.776. The maximum Gasteiger partial charge on any atom is 0.258 e. The molecule has 0 radical (unpaired) electrons. The van der Waals surface area contributed by atoms with Crippen molar-refractivity contribution in [3.63, 3.8) is 0 Å². The standard InChI is InChI=1S/C15H18FN3O4/c1-4-19(8-14-17-13(9-21-2)18-23-14)15(20)11-6-5-10(16)7-12(11)22-3/h5-7H,4,8-9H2,1-3H3. The van der Waals surface area contributed by atoms with Gasteiger partial charge >= 0.3 is 0 Å². The van der Waals surface area contributed by atoms with Gasteiger partial charge in [-0.15, -0.1) is 0 Å². The lowest BCUT2D eigenvalue weighted by Crippen LogP contribution is -2.30. The molecule has 1 aromatic carbocycles. The highest BCUT2D eigenvalue weighted by Gasteiger charge is 2.21. The van der Waals surface area contributed by atoms with E-state index in [1.165, 1.54) is 37.3 Å². The van der Waals surface area contributed by atoms with Crippen LogP contribution in [0.1, 0.15) is 29.0 Å². The van der Waals surface area contributed by atoms with Crippen LogP contribution in [0, 0.1) is 5.82 Å². The van der Waals surface area contributed by atoms with E-state index in [1.54, 1.807) is 0 Å². The molecule has 0 bridgehead atoms. The largest absolute Gasteiger partial charge is 0.496 e. The van der Waals surface area contributed by atoms with Crippen molar-refractivity contribution < 1.29 is 23.2 Å². The average Bonchev–Trinajstić information content (AvgIpc) is 2.99. The summed E-state index contributed by atoms with van der Waals surface area (Å²) in [6.07, 6.45) is 0. The molecule has 0 N–H and O–H groups in total. The molecule has 1 heterocycles. The van der Waals surface area contributed by atoms with Crippen LogP contribution in [0.25, 0.3) is 0 Å². The van der Waals surface area contributed by atoms with Gasteiger partial charge in [0.05, 0.1) is 12.7 Å². The fraction of sp³-hybridized carbons (Fsp3) is 0.400. The Morgan fingerprint density at radius 2 is 2.17 bits per heavy atom. The van der Waals surface area contributed by atoms with E-state index in [0.29, 0.717) is 18.3 Å². The molecule has 0 saturated carbocycles. The third-order valence-electron chi connectivity index (χ3n) is 3.17. The number of nitrogens with zero attached hydrogens (tertiary/aromatic N) is 3. The van der Waals surface area contributed by atoms with Gasteiger partial charge in [-0.25, -0.2) is 4.39 Å². The van der Waals surface area contributed by atoms with Crippen LogP contribution in [0.3, 0.4) is 0 Å². The fourth-order valence-electron chi connectivity index (χ4n) is 2.04. The smallest absolute Gasteiger partial charge is 0.258 e. The van der Waals surface area contributed by atoms with Gasteiger partial charge in [0.1, 0.15) is 24.7 Å². The van der Waals surface area contributed by atoms with Crippen molar-refractivity contribution in [1.82, 2.24) is 15.0 Å². The minimum atomic E-state index is -0.470. The molecule has 1 aromatic heterocycles. The number of benzene rings is 1. The first-order chi connectivity index (χ1) is 11.1. The number of amides is 1. The fourth-order valence-corrected chi connectivity index (χ4v) is 2.04. The Morgan fingerprint density at radius 1 is 1.39 bits per heavy atom. The normalized spacial score (nSPS) is 10.6. The molecule has 0 atom stereocenters. The lowest BCUT2D eigenvalue weighted by Gasteiger charge is -2.20. The summed E-state index contributed by atoms with van der Waals surface area (Å²) in [4.78, 5) is 18.2. The number of aromatic nitrogens is 2. The lowest BCUT2D eigenvalue weighted by atomic mass is 10.1. The topological polar surface area (TPSA) is 77.7 Å². The molecule has 0 unspecified atom stereocenters. The van der Waals surface area contributed by atoms with Crippen LogP contribution in [-0.4, -0.2) is 41.7 Å². The summed E-state index contributed by atoms with van der Waals surface area (Å²) in [6, 6.07) is 3.78. The molecule has 2 rings (SSSR count). The Hall–Kier alpha value is -2.48. The second kappa shape index (κ2) is 7.68. The molecule has 7 nitrogen and oxygen atoms in total. The summed E-state index contributed by atoms with van der Waals surface area (Å²) < 4.78 is 28.3. The van der Waals surface area contributed by atoms with Gasteiger partial charge in [0.15, 0.2) is 5.82 Å². The highest BCUT2D eigenvalue weighted by atomic mass is 19.1. The van der Waals surface area contributed by atoms with Crippen molar-refractivity contribution in [3.05, 3.63) is 41.3 Å². The Morgan fingerprint density at radius 3 is 2.83 bits per heavy atom. The van der Waals surface area contributed by atoms with E-state index in [2.05, 4.69) is 10.1 Å². The highest BCUT2D eigenvalue weighted by Crippen LogP contribution is 2.22. The maximum atomic E-state index is 13.3. The van der Waals surface area contributed by atoms with Gasteiger partial charge in [0, 0.05) is 19.7 Å². The predicted octanol–water partition coefficient (Wildman–Crippen LogP) is 2.03. The van der Waals surface area contributed by atoms with Crippen molar-refractivity contribution in [2.75, 3.05) is 20.8 Å². The molecule has 23 heavy (non-hydrogen) atoms. The van der Waals surface area contributed by atoms with Gasteiger partial charge in [0.2, 0.25) is 5.89 Å². The minimum Gasteiger partial charge on any atom is -0.496 e. The lowest BCUT2D eigenvalue weighted by molar-refractivity contribution is 0.0731. The number of rotatable bonds is 7. The van der Waals surface area contributed by atoms with Gasteiger partial charge in [-0.2, -0.15) is 4.98 Å². The van der Waals surface area contributed by atoms with Gasteiger partial charge in [-0.05, 0) is 19.1 Å². The summed E-state index contributed by atoms with van der Waals surface area (Å²) in [7, 11) is 2.91. The van der Waals surface area contributed by atoms with Crippen LogP contribution >= 0.6 is 0 Å². The Kier molecular flexibility index (Phi) is 5.64. The van der Waals surface area contributed by atoms with Crippen molar-refractivity contribution in [2.24, 2.45) is 0 Å². The van der Waals surface area contributed by atoms with Crippen LogP contribution in [0.15, 0.2) is 22.7 Å². The van der Waals surface area contributed by atoms with Gasteiger partial charge in [0.25, 0.3) is 5.91 Å². The van der Waals surface area contributed by atoms with Crippen molar-refractivity contribution in [1.29, 1.82) is 0 Å². The zero-order valence-corrected chi connectivity index (χ0v) is 13.2. The third kappa shape index (κ3) is 4.04. The van der Waals surface area contributed by atoms with Crippen molar-refractivity contribution >= 4 is 5.91 Å². The highest BCUT2D eigenvalue weighted by molar-refractivity contribution is 5.96. The summed E-state index contributed by atoms with van der Waals surface area (Å²) >= 11 is 0. The average molecular weight is 323 g/mol. The Labute approximate surface area is 133 Å². The Balaban J connectivity index is 2.17. The van der Waals surface area contributed by atoms with Crippen molar-refractivity contribution in [2.45, 2.75) is 20.1 Å². The van der Waals surface area contributed by atoms with Gasteiger partial charge < -0.3 is 18.9 Å². The molecule has 0 saturated heterocycles. The van der Waals surface area contributed by atoms with Crippen molar-refractivity contribution in [3.8, 4) is 5.75 Å². The first-order valence-corrected chi connectivity index (χ1v) is 7.02. The second-order valence-corrected chi connectivity index (χ2v) is 4.70. The molecule has 0 aliphatic rings. The van der Waals surface area contributed by atoms with E-state index in [9.17, 15) is 9.18 Å². The zero-order chi connectivity index (χ0) is 16.8. The molecule has 0 spiro atoms. The summed E-state index contributed by atoms with van der Waals surface area (Å²) in [6.45, 7) is 2.61. The summed E-state index contributed by atoms with van der Waals surface area (Å²) in [5, 5.41) is 3.75. The van der Waals surface area contributed by atoms with Crippen LogP contribution in [0.4, 0.5) is 4.39 Å². The molecule has 1 amide bonds. The van der Waals surface area contributed by atoms with Crippen LogP contribution in [0.2, 0.25) is 0 Å². The number of hydrogen-bond donors (Lipinski definition) is 0. The molecule has 8 heteroatoms. The zero-order valence-electron chi connectivity index (χ0n) is 13.2. The van der Waals surface area contributed by atoms with E-state index in [1.807, 2.05) is 6.92 Å². The van der Waals surface area contributed by atoms with E-state index in [4.69, 9.17) is 14.0 Å². The first-order valence-electron chi connectivity index (χ1n) is 7.02. The van der Waals surface area contributed by atoms with Crippen LogP contribution < -0.4 is 4.74 Å². The Bertz CT molecular complexity index is 674. The monoisotopic (exact) mass is 323 g/mol. The minimum absolute atomic E-state index is 0.145. The molecular formula is C15H18FN3O4. The summed E-state index contributed by atoms with van der Waals surface area (Å²) in [5.41, 5.74) is 0.271. The molecular weight excluding hydrogens is 305 g/mol.